The third-order valence-corrected chi connectivity index (χ3v) is 8.23. The predicted octanol–water partition coefficient (Wildman–Crippen LogP) is 3.62. The molecule has 2 aromatic carbocycles. The van der Waals surface area contributed by atoms with Crippen molar-refractivity contribution in [2.75, 3.05) is 18.5 Å². The van der Waals surface area contributed by atoms with Crippen LogP contribution in [0.3, 0.4) is 0 Å². The van der Waals surface area contributed by atoms with E-state index < -0.39 is 22.0 Å². The van der Waals surface area contributed by atoms with Gasteiger partial charge in [-0.3, -0.25) is 14.5 Å². The van der Waals surface area contributed by atoms with Crippen LogP contribution in [0.5, 0.6) is 0 Å². The fourth-order valence-electron chi connectivity index (χ4n) is 4.82. The summed E-state index contributed by atoms with van der Waals surface area (Å²) >= 11 is 0. The molecule has 0 bridgehead atoms. The van der Waals surface area contributed by atoms with E-state index in [0.29, 0.717) is 25.1 Å². The van der Waals surface area contributed by atoms with E-state index in [4.69, 9.17) is 4.74 Å². The Morgan fingerprint density at radius 3 is 2.13 bits per heavy atom. The fraction of sp³-hybridized carbons (Fsp3) is 0.407. The second-order valence-electron chi connectivity index (χ2n) is 9.62. The highest BCUT2D eigenvalue weighted by atomic mass is 32.2. The van der Waals surface area contributed by atoms with Crippen LogP contribution >= 0.6 is 0 Å². The number of amides is 4. The average Bonchev–Trinajstić information content (AvgIpc) is 3.13. The van der Waals surface area contributed by atoms with Gasteiger partial charge in [-0.25, -0.2) is 22.7 Å². The van der Waals surface area contributed by atoms with Crippen molar-refractivity contribution in [2.45, 2.75) is 50.3 Å². The monoisotopic (exact) mass is 541 g/mol. The number of anilines is 1. The number of likely N-dealkylation sites (tertiary alicyclic amines) is 1. The summed E-state index contributed by atoms with van der Waals surface area (Å²) in [6.07, 6.45) is 4.61. The number of benzene rings is 2. The quantitative estimate of drug-likeness (QED) is 0.281. The molecule has 10 nitrogen and oxygen atoms in total. The number of rotatable bonds is 9. The van der Waals surface area contributed by atoms with E-state index in [2.05, 4.69) is 5.32 Å². The van der Waals surface area contributed by atoms with E-state index in [1.807, 2.05) is 11.6 Å². The summed E-state index contributed by atoms with van der Waals surface area (Å²) in [7, 11) is -4.03. The molecule has 38 heavy (non-hydrogen) atoms. The van der Waals surface area contributed by atoms with E-state index >= 15 is 0 Å². The Hall–Kier alpha value is -3.73. The Morgan fingerprint density at radius 1 is 0.921 bits per heavy atom. The first-order chi connectivity index (χ1) is 18.2. The van der Waals surface area contributed by atoms with Crippen LogP contribution in [0.2, 0.25) is 0 Å². The Labute approximate surface area is 221 Å². The van der Waals surface area contributed by atoms with Gasteiger partial charge in [-0.1, -0.05) is 30.5 Å². The van der Waals surface area contributed by atoms with Gasteiger partial charge < -0.3 is 10.1 Å². The number of fused-ring (bicyclic) bond motifs is 1. The maximum absolute atomic E-state index is 12.5. The lowest BCUT2D eigenvalue weighted by Gasteiger charge is -2.19. The molecule has 1 saturated carbocycles. The van der Waals surface area contributed by atoms with Crippen molar-refractivity contribution in [3.05, 3.63) is 59.7 Å². The smallest absolute Gasteiger partial charge is 0.338 e. The molecule has 0 radical (unpaired) electrons. The van der Waals surface area contributed by atoms with Crippen molar-refractivity contribution in [1.82, 2.24) is 9.62 Å². The minimum absolute atomic E-state index is 0.0343. The molecular weight excluding hydrogens is 510 g/mol. The van der Waals surface area contributed by atoms with Gasteiger partial charge in [-0.05, 0) is 69.0 Å². The van der Waals surface area contributed by atoms with Gasteiger partial charge in [0, 0.05) is 12.2 Å². The number of aryl methyl sites for hydroxylation is 1. The lowest BCUT2D eigenvalue weighted by Crippen LogP contribution is -2.34. The van der Waals surface area contributed by atoms with Crippen molar-refractivity contribution in [1.29, 1.82) is 0 Å². The molecule has 2 unspecified atom stereocenters. The summed E-state index contributed by atoms with van der Waals surface area (Å²) < 4.78 is 31.9. The number of esters is 1. The number of nitrogens with zero attached hydrogens (tertiary/aromatic N) is 1. The summed E-state index contributed by atoms with van der Waals surface area (Å²) in [6, 6.07) is 11.0. The number of unbranched alkanes of at least 4 members (excludes halogenated alkanes) is 1. The van der Waals surface area contributed by atoms with Crippen molar-refractivity contribution in [3.63, 3.8) is 0 Å². The summed E-state index contributed by atoms with van der Waals surface area (Å²) in [6.45, 7) is 2.30. The van der Waals surface area contributed by atoms with Gasteiger partial charge in [0.25, 0.3) is 10.0 Å². The van der Waals surface area contributed by atoms with E-state index in [1.54, 1.807) is 12.1 Å². The van der Waals surface area contributed by atoms with Crippen molar-refractivity contribution in [2.24, 2.45) is 11.8 Å². The largest absolute Gasteiger partial charge is 0.462 e. The van der Waals surface area contributed by atoms with Gasteiger partial charge in [-0.15, -0.1) is 0 Å². The zero-order valence-electron chi connectivity index (χ0n) is 21.1. The highest BCUT2D eigenvalue weighted by Gasteiger charge is 2.47. The average molecular weight is 542 g/mol. The molecule has 1 heterocycles. The molecule has 202 valence electrons. The first-order valence-electron chi connectivity index (χ1n) is 12.7. The number of imide groups is 1. The molecule has 0 spiro atoms. The lowest BCUT2D eigenvalue weighted by molar-refractivity contribution is -0.140. The van der Waals surface area contributed by atoms with Gasteiger partial charge in [0.2, 0.25) is 11.8 Å². The molecule has 11 heteroatoms. The maximum Gasteiger partial charge on any atom is 0.338 e. The van der Waals surface area contributed by atoms with E-state index in [0.717, 1.165) is 31.2 Å². The SMILES string of the molecule is Cc1ccc(S(=O)(=O)NC(=O)Nc2ccc(C(=O)OCCCCN3C(=O)C4CCCCC4C3=O)cc2)cc1. The summed E-state index contributed by atoms with van der Waals surface area (Å²) in [4.78, 5) is 50.8. The molecule has 2 atom stereocenters. The van der Waals surface area contributed by atoms with Gasteiger partial charge in [0.15, 0.2) is 0 Å². The van der Waals surface area contributed by atoms with Gasteiger partial charge >= 0.3 is 12.0 Å². The predicted molar refractivity (Wildman–Crippen MR) is 139 cm³/mol. The Bertz CT molecular complexity index is 1280. The standard InChI is InChI=1S/C27H31N3O7S/c1-18-8-14-21(15-9-18)38(35,36)29-27(34)28-20-12-10-19(11-13-20)26(33)37-17-5-4-16-30-24(31)22-6-2-3-7-23(22)25(30)32/h8-15,22-23H,2-7,16-17H2,1H3,(H2,28,29,34). The van der Waals surface area contributed by atoms with Crippen LogP contribution in [0.15, 0.2) is 53.4 Å². The van der Waals surface area contributed by atoms with Gasteiger partial charge in [0.05, 0.1) is 28.9 Å². The molecule has 0 aromatic heterocycles. The minimum Gasteiger partial charge on any atom is -0.462 e. The number of nitrogens with one attached hydrogen (secondary N) is 2. The fourth-order valence-corrected chi connectivity index (χ4v) is 5.72. The highest BCUT2D eigenvalue weighted by molar-refractivity contribution is 7.90. The van der Waals surface area contributed by atoms with E-state index in [1.165, 1.54) is 41.3 Å². The van der Waals surface area contributed by atoms with Crippen LogP contribution in [0.1, 0.15) is 54.4 Å². The number of sulfonamides is 1. The molecule has 4 amide bonds. The third-order valence-electron chi connectivity index (χ3n) is 6.88. The first-order valence-corrected chi connectivity index (χ1v) is 14.2. The second-order valence-corrected chi connectivity index (χ2v) is 11.3. The molecule has 2 aromatic rings. The van der Waals surface area contributed by atoms with Crippen molar-refractivity contribution in [3.8, 4) is 0 Å². The number of ether oxygens (including phenoxy) is 1. The first kappa shape index (κ1) is 27.3. The van der Waals surface area contributed by atoms with Gasteiger partial charge in [-0.2, -0.15) is 0 Å². The normalized spacial score (nSPS) is 19.1. The topological polar surface area (TPSA) is 139 Å². The molecule has 4 rings (SSSR count). The maximum atomic E-state index is 12.5. The summed E-state index contributed by atoms with van der Waals surface area (Å²) in [5.74, 6) is -0.994. The van der Waals surface area contributed by atoms with Crippen LogP contribution in [-0.4, -0.2) is 50.3 Å². The van der Waals surface area contributed by atoms with E-state index in [-0.39, 0.29) is 40.7 Å². The van der Waals surface area contributed by atoms with Crippen LogP contribution < -0.4 is 10.0 Å². The number of urea groups is 1. The molecule has 2 fully saturated rings. The number of carbonyl (C=O) groups excluding carboxylic acids is 4. The number of hydrogen-bond acceptors (Lipinski definition) is 7. The van der Waals surface area contributed by atoms with Crippen molar-refractivity contribution >= 4 is 39.5 Å². The molecular formula is C27H31N3O7S. The molecule has 1 saturated heterocycles. The lowest BCUT2D eigenvalue weighted by atomic mass is 9.81. The van der Waals surface area contributed by atoms with Crippen LogP contribution in [0, 0.1) is 18.8 Å². The molecule has 2 aliphatic rings. The molecule has 1 aliphatic heterocycles. The van der Waals surface area contributed by atoms with E-state index in [9.17, 15) is 27.6 Å². The summed E-state index contributed by atoms with van der Waals surface area (Å²) in [5, 5.41) is 2.42. The Kier molecular flexibility index (Phi) is 8.45. The van der Waals surface area contributed by atoms with Crippen LogP contribution in [0.25, 0.3) is 0 Å². The second kappa shape index (κ2) is 11.8. The zero-order chi connectivity index (χ0) is 27.3. The number of hydrogen-bond donors (Lipinski definition) is 2. The van der Waals surface area contributed by atoms with Crippen molar-refractivity contribution < 1.29 is 32.3 Å². The zero-order valence-corrected chi connectivity index (χ0v) is 22.0. The van der Waals surface area contributed by atoms with Crippen LogP contribution in [0.4, 0.5) is 10.5 Å². The summed E-state index contributed by atoms with van der Waals surface area (Å²) in [5.41, 5.74) is 1.44. The molecule has 1 aliphatic carbocycles. The Balaban J connectivity index is 1.19. The van der Waals surface area contributed by atoms with Crippen LogP contribution in [-0.2, 0) is 24.3 Å². The highest BCUT2D eigenvalue weighted by Crippen LogP contribution is 2.38. The number of carbonyl (C=O) groups is 4. The third kappa shape index (κ3) is 6.39. The van der Waals surface area contributed by atoms with Gasteiger partial charge in [0.1, 0.15) is 0 Å². The molecule has 2 N–H and O–H groups in total. The minimum atomic E-state index is -4.03. The Morgan fingerprint density at radius 2 is 1.53 bits per heavy atom.